The number of aromatic nitrogens is 2. The van der Waals surface area contributed by atoms with Gasteiger partial charge in [-0.15, -0.1) is 11.8 Å². The van der Waals surface area contributed by atoms with E-state index in [2.05, 4.69) is 10.3 Å². The van der Waals surface area contributed by atoms with Gasteiger partial charge in [0.15, 0.2) is 0 Å². The molecule has 1 atom stereocenters. The molecule has 1 saturated heterocycles. The lowest BCUT2D eigenvalue weighted by molar-refractivity contribution is -0.128. The number of nitrogens with one attached hydrogen (secondary N) is 1. The standard InChI is InChI=1S/C23H24N4O2S/c28-21-16-30-23(27(21)15-18-5-2-1-3-6-18)20-9-7-19(8-10-20)22(29)25-11-4-13-26-14-12-24-17-26/h1-3,5-10,12,14,17,23H,4,11,13,15-16H2,(H,25,29)/t23-/m0/s1. The highest BCUT2D eigenvalue weighted by molar-refractivity contribution is 8.00. The number of carbonyl (C=O) groups excluding carboxylic acids is 2. The minimum absolute atomic E-state index is 0.0232. The second kappa shape index (κ2) is 9.63. The number of imidazole rings is 1. The number of rotatable bonds is 8. The molecule has 2 amide bonds. The molecule has 1 N–H and O–H groups in total. The van der Waals surface area contributed by atoms with E-state index in [9.17, 15) is 9.59 Å². The maximum absolute atomic E-state index is 12.4. The zero-order valence-electron chi connectivity index (χ0n) is 16.6. The average molecular weight is 421 g/mol. The van der Waals surface area contributed by atoms with Crippen LogP contribution in [0.5, 0.6) is 0 Å². The molecule has 1 aliphatic rings. The highest BCUT2D eigenvalue weighted by atomic mass is 32.2. The lowest BCUT2D eigenvalue weighted by Gasteiger charge is -2.24. The molecule has 2 aromatic carbocycles. The number of benzene rings is 2. The van der Waals surface area contributed by atoms with E-state index in [0.717, 1.165) is 24.1 Å². The van der Waals surface area contributed by atoms with Crippen LogP contribution < -0.4 is 5.32 Å². The summed E-state index contributed by atoms with van der Waals surface area (Å²) in [7, 11) is 0. The Bertz CT molecular complexity index is 974. The highest BCUT2D eigenvalue weighted by Gasteiger charge is 2.32. The fraction of sp³-hybridized carbons (Fsp3) is 0.261. The van der Waals surface area contributed by atoms with Gasteiger partial charge in [0, 0.05) is 37.6 Å². The number of thioether (sulfide) groups is 1. The molecule has 0 bridgehead atoms. The van der Waals surface area contributed by atoms with Gasteiger partial charge in [-0.3, -0.25) is 9.59 Å². The third-order valence-corrected chi connectivity index (χ3v) is 6.32. The normalized spacial score (nSPS) is 16.1. The molecule has 0 spiro atoms. The molecular weight excluding hydrogens is 396 g/mol. The second-order valence-corrected chi connectivity index (χ2v) is 8.27. The van der Waals surface area contributed by atoms with Crippen LogP contribution in [-0.4, -0.2) is 38.6 Å². The molecule has 0 aliphatic carbocycles. The third-order valence-electron chi connectivity index (χ3n) is 5.06. The van der Waals surface area contributed by atoms with E-state index in [1.807, 2.05) is 70.3 Å². The van der Waals surface area contributed by atoms with Crippen molar-refractivity contribution in [3.05, 3.63) is 90.0 Å². The lowest BCUT2D eigenvalue weighted by Crippen LogP contribution is -2.28. The second-order valence-electron chi connectivity index (χ2n) is 7.20. The van der Waals surface area contributed by atoms with E-state index in [0.29, 0.717) is 24.4 Å². The Labute approximate surface area is 180 Å². The van der Waals surface area contributed by atoms with Gasteiger partial charge in [-0.2, -0.15) is 0 Å². The van der Waals surface area contributed by atoms with E-state index in [1.54, 1.807) is 24.3 Å². The van der Waals surface area contributed by atoms with E-state index in [4.69, 9.17) is 0 Å². The summed E-state index contributed by atoms with van der Waals surface area (Å²) in [5.41, 5.74) is 2.79. The Kier molecular flexibility index (Phi) is 6.49. The van der Waals surface area contributed by atoms with Crippen molar-refractivity contribution in [2.24, 2.45) is 0 Å². The van der Waals surface area contributed by atoms with Crippen LogP contribution in [0.2, 0.25) is 0 Å². The van der Waals surface area contributed by atoms with Crippen molar-refractivity contribution < 1.29 is 9.59 Å². The Hall–Kier alpha value is -3.06. The van der Waals surface area contributed by atoms with E-state index in [1.165, 1.54) is 0 Å². The summed E-state index contributed by atoms with van der Waals surface area (Å²) in [4.78, 5) is 30.7. The van der Waals surface area contributed by atoms with E-state index in [-0.39, 0.29) is 17.2 Å². The smallest absolute Gasteiger partial charge is 0.251 e. The fourth-order valence-corrected chi connectivity index (χ4v) is 4.65. The maximum atomic E-state index is 12.4. The number of carbonyl (C=O) groups is 2. The first-order valence-corrected chi connectivity index (χ1v) is 11.0. The van der Waals surface area contributed by atoms with Crippen molar-refractivity contribution in [3.63, 3.8) is 0 Å². The Morgan fingerprint density at radius 2 is 1.93 bits per heavy atom. The van der Waals surface area contributed by atoms with Crippen LogP contribution >= 0.6 is 11.8 Å². The molecule has 1 fully saturated rings. The van der Waals surface area contributed by atoms with Crippen molar-refractivity contribution in [2.75, 3.05) is 12.3 Å². The van der Waals surface area contributed by atoms with Gasteiger partial charge in [0.2, 0.25) is 5.91 Å². The molecule has 0 radical (unpaired) electrons. The van der Waals surface area contributed by atoms with Gasteiger partial charge in [-0.25, -0.2) is 4.98 Å². The number of nitrogens with zero attached hydrogens (tertiary/aromatic N) is 3. The summed E-state index contributed by atoms with van der Waals surface area (Å²) in [6.07, 6.45) is 6.27. The summed E-state index contributed by atoms with van der Waals surface area (Å²) in [5.74, 6) is 0.549. The first kappa shape index (κ1) is 20.2. The van der Waals surface area contributed by atoms with Crippen LogP contribution in [0.3, 0.4) is 0 Å². The van der Waals surface area contributed by atoms with Crippen molar-refractivity contribution in [1.82, 2.24) is 19.8 Å². The van der Waals surface area contributed by atoms with Gasteiger partial charge in [-0.05, 0) is 29.7 Å². The molecule has 2 heterocycles. The molecule has 1 aromatic heterocycles. The summed E-state index contributed by atoms with van der Waals surface area (Å²) in [6.45, 7) is 2.02. The monoisotopic (exact) mass is 420 g/mol. The number of hydrogen-bond acceptors (Lipinski definition) is 4. The van der Waals surface area contributed by atoms with E-state index < -0.39 is 0 Å². The van der Waals surface area contributed by atoms with Crippen molar-refractivity contribution in [2.45, 2.75) is 24.9 Å². The Balaban J connectivity index is 1.33. The first-order valence-electron chi connectivity index (χ1n) is 9.99. The molecule has 0 saturated carbocycles. The zero-order valence-corrected chi connectivity index (χ0v) is 17.4. The van der Waals surface area contributed by atoms with Gasteiger partial charge in [-0.1, -0.05) is 42.5 Å². The SMILES string of the molecule is O=C(NCCCn1ccnc1)c1ccc([C@@H]2SCC(=O)N2Cc2ccccc2)cc1. The molecule has 7 heteroatoms. The third kappa shape index (κ3) is 4.91. The van der Waals surface area contributed by atoms with E-state index >= 15 is 0 Å². The largest absolute Gasteiger partial charge is 0.352 e. The summed E-state index contributed by atoms with van der Waals surface area (Å²) in [5, 5.41) is 2.93. The van der Waals surface area contributed by atoms with Crippen LogP contribution in [-0.2, 0) is 17.9 Å². The Morgan fingerprint density at radius 3 is 2.67 bits per heavy atom. The summed E-state index contributed by atoms with van der Waals surface area (Å²) in [6, 6.07) is 17.6. The molecule has 3 aromatic rings. The van der Waals surface area contributed by atoms with Crippen LogP contribution in [0.15, 0.2) is 73.3 Å². The van der Waals surface area contributed by atoms with Crippen LogP contribution in [0.25, 0.3) is 0 Å². The molecule has 1 aliphatic heterocycles. The summed E-state index contributed by atoms with van der Waals surface area (Å²) < 4.78 is 1.99. The minimum Gasteiger partial charge on any atom is -0.352 e. The van der Waals surface area contributed by atoms with Crippen LogP contribution in [0, 0.1) is 0 Å². The number of amides is 2. The molecule has 154 valence electrons. The van der Waals surface area contributed by atoms with Crippen molar-refractivity contribution in [3.8, 4) is 0 Å². The minimum atomic E-state index is -0.0801. The van der Waals surface area contributed by atoms with Gasteiger partial charge in [0.05, 0.1) is 12.1 Å². The quantitative estimate of drug-likeness (QED) is 0.567. The van der Waals surface area contributed by atoms with Gasteiger partial charge in [0.25, 0.3) is 5.91 Å². The number of aryl methyl sites for hydroxylation is 1. The zero-order chi connectivity index (χ0) is 20.8. The lowest BCUT2D eigenvalue weighted by atomic mass is 10.1. The van der Waals surface area contributed by atoms with Gasteiger partial charge in [0.1, 0.15) is 5.37 Å². The predicted molar refractivity (Wildman–Crippen MR) is 118 cm³/mol. The maximum Gasteiger partial charge on any atom is 0.251 e. The van der Waals surface area contributed by atoms with Crippen molar-refractivity contribution in [1.29, 1.82) is 0 Å². The van der Waals surface area contributed by atoms with Crippen molar-refractivity contribution >= 4 is 23.6 Å². The molecule has 6 nitrogen and oxygen atoms in total. The fourth-order valence-electron chi connectivity index (χ4n) is 3.47. The topological polar surface area (TPSA) is 67.2 Å². The molecule has 30 heavy (non-hydrogen) atoms. The molecular formula is C23H24N4O2S. The van der Waals surface area contributed by atoms with Crippen LogP contribution in [0.1, 0.15) is 33.3 Å². The summed E-state index contributed by atoms with van der Waals surface area (Å²) >= 11 is 1.63. The molecule has 0 unspecified atom stereocenters. The first-order chi connectivity index (χ1) is 14.7. The number of hydrogen-bond donors (Lipinski definition) is 1. The average Bonchev–Trinajstić information content (AvgIpc) is 3.42. The van der Waals surface area contributed by atoms with Crippen LogP contribution in [0.4, 0.5) is 0 Å². The molecule has 4 rings (SSSR count). The Morgan fingerprint density at radius 1 is 1.13 bits per heavy atom. The highest BCUT2D eigenvalue weighted by Crippen LogP contribution is 2.39. The van der Waals surface area contributed by atoms with Gasteiger partial charge < -0.3 is 14.8 Å². The van der Waals surface area contributed by atoms with Gasteiger partial charge >= 0.3 is 0 Å². The predicted octanol–water partition coefficient (Wildman–Crippen LogP) is 3.48.